The van der Waals surface area contributed by atoms with Crippen molar-refractivity contribution in [1.29, 1.82) is 0 Å². The number of hydrogen-bond acceptors (Lipinski definition) is 7. The molecule has 28 heavy (non-hydrogen) atoms. The molecule has 1 aromatic carbocycles. The molecule has 0 atom stereocenters. The summed E-state index contributed by atoms with van der Waals surface area (Å²) in [7, 11) is 0. The van der Waals surface area contributed by atoms with Crippen LogP contribution < -0.4 is 9.47 Å². The van der Waals surface area contributed by atoms with E-state index in [0.29, 0.717) is 30.3 Å². The van der Waals surface area contributed by atoms with E-state index in [9.17, 15) is 4.79 Å². The van der Waals surface area contributed by atoms with Gasteiger partial charge in [-0.05, 0) is 30.4 Å². The summed E-state index contributed by atoms with van der Waals surface area (Å²) < 4.78 is 22.4. The van der Waals surface area contributed by atoms with Crippen molar-refractivity contribution in [1.82, 2.24) is 4.90 Å². The van der Waals surface area contributed by atoms with Crippen LogP contribution in [0.1, 0.15) is 16.1 Å². The lowest BCUT2D eigenvalue weighted by molar-refractivity contribution is 0.0322. The van der Waals surface area contributed by atoms with Crippen molar-refractivity contribution in [2.75, 3.05) is 51.8 Å². The Morgan fingerprint density at radius 1 is 1.25 bits per heavy atom. The molecule has 0 N–H and O–H groups in total. The van der Waals surface area contributed by atoms with Gasteiger partial charge < -0.3 is 18.6 Å². The maximum atomic E-state index is 12.8. The van der Waals surface area contributed by atoms with Crippen LogP contribution in [0.2, 0.25) is 0 Å². The largest absolute Gasteiger partial charge is 0.491 e. The number of fused-ring (bicyclic) bond motifs is 1. The highest BCUT2D eigenvalue weighted by molar-refractivity contribution is 7.99. The Kier molecular flexibility index (Phi) is 6.36. The molecule has 0 aliphatic carbocycles. The first-order valence-electron chi connectivity index (χ1n) is 9.42. The van der Waals surface area contributed by atoms with Crippen molar-refractivity contribution >= 4 is 23.6 Å². The highest BCUT2D eigenvalue weighted by Crippen LogP contribution is 2.38. The van der Waals surface area contributed by atoms with Gasteiger partial charge >= 0.3 is 0 Å². The molecule has 0 spiro atoms. The summed E-state index contributed by atoms with van der Waals surface area (Å²) in [4.78, 5) is 16.1. The SMILES string of the molecule is O=C(/C=C/c1ccco1)c1cc2c(cc1OCCN1CCOCC1)OCCS2. The van der Waals surface area contributed by atoms with Crippen molar-refractivity contribution in [3.63, 3.8) is 0 Å². The van der Waals surface area contributed by atoms with Crippen LogP contribution in [-0.4, -0.2) is 62.5 Å². The van der Waals surface area contributed by atoms with Crippen LogP contribution in [0.25, 0.3) is 6.08 Å². The van der Waals surface area contributed by atoms with Gasteiger partial charge in [0, 0.05) is 31.5 Å². The Balaban J connectivity index is 1.50. The average Bonchev–Trinajstić information content (AvgIpc) is 3.26. The number of allylic oxidation sites excluding steroid dienone is 1. The summed E-state index contributed by atoms with van der Waals surface area (Å²) >= 11 is 1.69. The third-order valence-electron chi connectivity index (χ3n) is 4.62. The summed E-state index contributed by atoms with van der Waals surface area (Å²) in [5.74, 6) is 2.73. The summed E-state index contributed by atoms with van der Waals surface area (Å²) in [5, 5.41) is 0. The zero-order chi connectivity index (χ0) is 19.2. The quantitative estimate of drug-likeness (QED) is 0.521. The molecule has 1 aromatic heterocycles. The number of furan rings is 1. The molecule has 7 heteroatoms. The first-order valence-corrected chi connectivity index (χ1v) is 10.4. The second-order valence-electron chi connectivity index (χ2n) is 6.51. The molecule has 2 aromatic rings. The average molecular weight is 401 g/mol. The molecular weight excluding hydrogens is 378 g/mol. The highest BCUT2D eigenvalue weighted by atomic mass is 32.2. The van der Waals surface area contributed by atoms with E-state index in [4.69, 9.17) is 18.6 Å². The van der Waals surface area contributed by atoms with Gasteiger partial charge in [0.15, 0.2) is 5.78 Å². The smallest absolute Gasteiger partial charge is 0.189 e. The van der Waals surface area contributed by atoms with Crippen LogP contribution in [0, 0.1) is 0 Å². The standard InChI is InChI=1S/C21H23NO5S/c23-18(4-3-16-2-1-8-25-16)17-14-21-20(27-12-13-28-21)15-19(17)26-11-7-22-5-9-24-10-6-22/h1-4,8,14-15H,5-7,9-13H2/b4-3+. The molecule has 0 saturated carbocycles. The Bertz CT molecular complexity index is 828. The summed E-state index contributed by atoms with van der Waals surface area (Å²) in [6, 6.07) is 7.31. The topological polar surface area (TPSA) is 61.1 Å². The second-order valence-corrected chi connectivity index (χ2v) is 7.64. The minimum atomic E-state index is -0.119. The van der Waals surface area contributed by atoms with Crippen LogP contribution in [0.15, 0.2) is 45.9 Å². The summed E-state index contributed by atoms with van der Waals surface area (Å²) in [6.45, 7) is 5.29. The van der Waals surface area contributed by atoms with Crippen LogP contribution >= 0.6 is 11.8 Å². The van der Waals surface area contributed by atoms with E-state index in [-0.39, 0.29) is 5.78 Å². The number of ketones is 1. The van der Waals surface area contributed by atoms with E-state index >= 15 is 0 Å². The number of nitrogens with zero attached hydrogens (tertiary/aromatic N) is 1. The van der Waals surface area contributed by atoms with E-state index in [1.807, 2.05) is 12.1 Å². The fraction of sp³-hybridized carbons (Fsp3) is 0.381. The molecule has 0 bridgehead atoms. The van der Waals surface area contributed by atoms with Crippen molar-refractivity contribution < 1.29 is 23.4 Å². The fourth-order valence-electron chi connectivity index (χ4n) is 3.13. The molecule has 0 radical (unpaired) electrons. The van der Waals surface area contributed by atoms with Crippen LogP contribution in [-0.2, 0) is 4.74 Å². The van der Waals surface area contributed by atoms with Crippen molar-refractivity contribution in [3.8, 4) is 11.5 Å². The number of hydrogen-bond donors (Lipinski definition) is 0. The zero-order valence-corrected chi connectivity index (χ0v) is 16.4. The molecule has 3 heterocycles. The molecule has 0 amide bonds. The van der Waals surface area contributed by atoms with Gasteiger partial charge in [-0.25, -0.2) is 0 Å². The van der Waals surface area contributed by atoms with E-state index in [1.165, 1.54) is 6.08 Å². The summed E-state index contributed by atoms with van der Waals surface area (Å²) in [6.07, 6.45) is 4.77. The van der Waals surface area contributed by atoms with Crippen molar-refractivity contribution in [2.24, 2.45) is 0 Å². The number of ether oxygens (including phenoxy) is 3. The molecule has 148 valence electrons. The molecule has 4 rings (SSSR count). The Morgan fingerprint density at radius 2 is 2.14 bits per heavy atom. The number of morpholine rings is 1. The number of rotatable bonds is 7. The molecule has 1 fully saturated rings. The predicted octanol–water partition coefficient (Wildman–Crippen LogP) is 3.37. The van der Waals surface area contributed by atoms with Gasteiger partial charge in [-0.1, -0.05) is 0 Å². The molecule has 6 nitrogen and oxygen atoms in total. The lowest BCUT2D eigenvalue weighted by atomic mass is 10.1. The highest BCUT2D eigenvalue weighted by Gasteiger charge is 2.20. The summed E-state index contributed by atoms with van der Waals surface area (Å²) in [5.41, 5.74) is 0.543. The van der Waals surface area contributed by atoms with E-state index in [2.05, 4.69) is 4.90 Å². The maximum absolute atomic E-state index is 12.8. The maximum Gasteiger partial charge on any atom is 0.189 e. The first-order chi connectivity index (χ1) is 13.8. The van der Waals surface area contributed by atoms with Gasteiger partial charge in [-0.15, -0.1) is 11.8 Å². The number of carbonyl (C=O) groups is 1. The molecule has 2 aliphatic rings. The Morgan fingerprint density at radius 3 is 2.96 bits per heavy atom. The van der Waals surface area contributed by atoms with Crippen molar-refractivity contribution in [3.05, 3.63) is 47.9 Å². The Labute approximate surface area is 168 Å². The molecular formula is C21H23NO5S. The number of carbonyl (C=O) groups excluding carboxylic acids is 1. The predicted molar refractivity (Wildman–Crippen MR) is 107 cm³/mol. The normalized spacial score (nSPS) is 17.3. The first kappa shape index (κ1) is 19.1. The number of thioether (sulfide) groups is 1. The van der Waals surface area contributed by atoms with E-state index < -0.39 is 0 Å². The Hall–Kier alpha value is -2.22. The molecule has 0 unspecified atom stereocenters. The number of benzene rings is 1. The van der Waals surface area contributed by atoms with E-state index in [0.717, 1.165) is 49.2 Å². The molecule has 2 aliphatic heterocycles. The van der Waals surface area contributed by atoms with E-state index in [1.54, 1.807) is 36.2 Å². The minimum absolute atomic E-state index is 0.119. The fourth-order valence-corrected chi connectivity index (χ4v) is 3.97. The van der Waals surface area contributed by atoms with Gasteiger partial charge in [0.2, 0.25) is 0 Å². The van der Waals surface area contributed by atoms with Gasteiger partial charge in [0.25, 0.3) is 0 Å². The lowest BCUT2D eigenvalue weighted by Crippen LogP contribution is -2.38. The lowest BCUT2D eigenvalue weighted by Gasteiger charge is -2.26. The third-order valence-corrected chi connectivity index (χ3v) is 5.62. The third kappa shape index (κ3) is 4.79. The second kappa shape index (κ2) is 9.32. The van der Waals surface area contributed by atoms with Gasteiger partial charge in [0.1, 0.15) is 23.9 Å². The minimum Gasteiger partial charge on any atom is -0.491 e. The van der Waals surface area contributed by atoms with Gasteiger partial charge in [-0.3, -0.25) is 9.69 Å². The van der Waals surface area contributed by atoms with Crippen LogP contribution in [0.3, 0.4) is 0 Å². The van der Waals surface area contributed by atoms with Gasteiger partial charge in [-0.2, -0.15) is 0 Å². The molecule has 1 saturated heterocycles. The van der Waals surface area contributed by atoms with Crippen molar-refractivity contribution in [2.45, 2.75) is 4.90 Å². The van der Waals surface area contributed by atoms with Crippen LogP contribution in [0.4, 0.5) is 0 Å². The van der Waals surface area contributed by atoms with Crippen LogP contribution in [0.5, 0.6) is 11.5 Å². The van der Waals surface area contributed by atoms with Gasteiger partial charge in [0.05, 0.1) is 36.5 Å². The monoisotopic (exact) mass is 401 g/mol. The zero-order valence-electron chi connectivity index (χ0n) is 15.6.